The lowest BCUT2D eigenvalue weighted by atomic mass is 10.1. The van der Waals surface area contributed by atoms with Gasteiger partial charge in [0, 0.05) is 5.56 Å². The number of fused-ring (bicyclic) bond motifs is 1. The quantitative estimate of drug-likeness (QED) is 0.589. The Labute approximate surface area is 141 Å². The van der Waals surface area contributed by atoms with Gasteiger partial charge in [-0.25, -0.2) is 9.97 Å². The average Bonchev–Trinajstić information content (AvgIpc) is 3.20. The molecule has 0 spiro atoms. The van der Waals surface area contributed by atoms with Crippen LogP contribution < -0.4 is 10.5 Å². The molecule has 23 heavy (non-hydrogen) atoms. The first-order valence-electron chi connectivity index (χ1n) is 6.99. The molecule has 4 aromatic rings. The van der Waals surface area contributed by atoms with Gasteiger partial charge in [0.2, 0.25) is 0 Å². The molecule has 4 rings (SSSR count). The molecule has 2 aromatic heterocycles. The third kappa shape index (κ3) is 2.56. The molecule has 0 saturated carbocycles. The molecule has 2 heterocycles. The third-order valence-corrected chi connectivity index (χ3v) is 5.31. The van der Waals surface area contributed by atoms with Crippen molar-refractivity contribution in [2.75, 3.05) is 12.8 Å². The highest BCUT2D eigenvalue weighted by atomic mass is 32.1. The van der Waals surface area contributed by atoms with Gasteiger partial charge in [0.15, 0.2) is 5.13 Å². The predicted octanol–water partition coefficient (Wildman–Crippen LogP) is 4.68. The first kappa shape index (κ1) is 14.2. The topological polar surface area (TPSA) is 61.0 Å². The molecule has 0 aliphatic heterocycles. The van der Waals surface area contributed by atoms with Gasteiger partial charge in [-0.3, -0.25) is 0 Å². The van der Waals surface area contributed by atoms with Crippen molar-refractivity contribution in [1.29, 1.82) is 0 Å². The summed E-state index contributed by atoms with van der Waals surface area (Å²) in [6.07, 6.45) is 0. The van der Waals surface area contributed by atoms with Crippen LogP contribution in [0.15, 0.2) is 48.0 Å². The van der Waals surface area contributed by atoms with E-state index in [0.717, 1.165) is 37.7 Å². The molecule has 2 aromatic carbocycles. The van der Waals surface area contributed by atoms with Crippen molar-refractivity contribution in [3.8, 4) is 27.4 Å². The van der Waals surface area contributed by atoms with E-state index in [-0.39, 0.29) is 0 Å². The van der Waals surface area contributed by atoms with Crippen LogP contribution in [0, 0.1) is 0 Å². The van der Waals surface area contributed by atoms with Crippen LogP contribution >= 0.6 is 22.7 Å². The Morgan fingerprint density at radius 2 is 2.00 bits per heavy atom. The minimum atomic E-state index is 0.558. The molecule has 114 valence electrons. The van der Waals surface area contributed by atoms with E-state index in [4.69, 9.17) is 10.5 Å². The molecule has 4 nitrogen and oxygen atoms in total. The van der Waals surface area contributed by atoms with Gasteiger partial charge in [0.05, 0.1) is 33.4 Å². The van der Waals surface area contributed by atoms with Crippen molar-refractivity contribution in [3.63, 3.8) is 0 Å². The Morgan fingerprint density at radius 3 is 2.87 bits per heavy atom. The molecule has 0 radical (unpaired) electrons. The second-order valence-corrected chi connectivity index (χ2v) is 6.91. The molecule has 0 unspecified atom stereocenters. The van der Waals surface area contributed by atoms with Crippen molar-refractivity contribution < 1.29 is 4.74 Å². The average molecular weight is 339 g/mol. The largest absolute Gasteiger partial charge is 0.497 e. The number of benzene rings is 2. The summed E-state index contributed by atoms with van der Waals surface area (Å²) in [4.78, 5) is 9.92. The van der Waals surface area contributed by atoms with Crippen molar-refractivity contribution in [3.05, 3.63) is 48.0 Å². The van der Waals surface area contributed by atoms with Gasteiger partial charge in [0.25, 0.3) is 0 Å². The maximum absolute atomic E-state index is 5.98. The van der Waals surface area contributed by atoms with E-state index in [1.54, 1.807) is 18.4 Å². The zero-order chi connectivity index (χ0) is 15.8. The zero-order valence-electron chi connectivity index (χ0n) is 12.3. The smallest absolute Gasteiger partial charge is 0.181 e. The fourth-order valence-electron chi connectivity index (χ4n) is 2.49. The summed E-state index contributed by atoms with van der Waals surface area (Å²) in [6, 6.07) is 14.1. The summed E-state index contributed by atoms with van der Waals surface area (Å²) in [6.45, 7) is 0. The molecular weight excluding hydrogens is 326 g/mol. The number of nitrogens with two attached hydrogens (primary N) is 1. The molecule has 2 N–H and O–H groups in total. The van der Waals surface area contributed by atoms with Crippen LogP contribution in [0.3, 0.4) is 0 Å². The molecular formula is C17H13N3OS2. The van der Waals surface area contributed by atoms with Crippen molar-refractivity contribution in [1.82, 2.24) is 9.97 Å². The zero-order valence-corrected chi connectivity index (χ0v) is 13.9. The lowest BCUT2D eigenvalue weighted by Gasteiger charge is -2.05. The number of nitrogens with zero attached hydrogens (tertiary/aromatic N) is 2. The Balaban J connectivity index is 1.88. The van der Waals surface area contributed by atoms with E-state index in [2.05, 4.69) is 22.1 Å². The third-order valence-electron chi connectivity index (χ3n) is 3.58. The Hall–Kier alpha value is -2.44. The monoisotopic (exact) mass is 339 g/mol. The number of hydrogen-bond donors (Lipinski definition) is 1. The van der Waals surface area contributed by atoms with Crippen LogP contribution in [0.2, 0.25) is 0 Å². The second-order valence-electron chi connectivity index (χ2n) is 5.00. The minimum Gasteiger partial charge on any atom is -0.497 e. The van der Waals surface area contributed by atoms with Gasteiger partial charge in [0.1, 0.15) is 5.75 Å². The SMILES string of the molecule is COc1cccc(-c2nc(N)sc2-c2ccc3ncsc3c2)c1. The Kier molecular flexibility index (Phi) is 3.48. The number of nitrogen functional groups attached to an aromatic ring is 1. The minimum absolute atomic E-state index is 0.558. The van der Waals surface area contributed by atoms with Crippen LogP contribution in [0.1, 0.15) is 0 Å². The van der Waals surface area contributed by atoms with Crippen molar-refractivity contribution in [2.45, 2.75) is 0 Å². The van der Waals surface area contributed by atoms with Gasteiger partial charge < -0.3 is 10.5 Å². The van der Waals surface area contributed by atoms with E-state index in [9.17, 15) is 0 Å². The number of thiazole rings is 2. The van der Waals surface area contributed by atoms with E-state index < -0.39 is 0 Å². The maximum atomic E-state index is 5.98. The number of hydrogen-bond acceptors (Lipinski definition) is 6. The molecule has 0 aliphatic rings. The lowest BCUT2D eigenvalue weighted by Crippen LogP contribution is -1.87. The molecule has 0 bridgehead atoms. The van der Waals surface area contributed by atoms with Gasteiger partial charge in [-0.15, -0.1) is 11.3 Å². The van der Waals surface area contributed by atoms with Crippen LogP contribution in [-0.4, -0.2) is 17.1 Å². The summed E-state index contributed by atoms with van der Waals surface area (Å²) in [5.41, 5.74) is 11.8. The van der Waals surface area contributed by atoms with E-state index in [1.807, 2.05) is 35.8 Å². The number of aromatic nitrogens is 2. The van der Waals surface area contributed by atoms with Crippen molar-refractivity contribution >= 4 is 38.0 Å². The van der Waals surface area contributed by atoms with Crippen LogP contribution in [-0.2, 0) is 0 Å². The molecule has 0 fully saturated rings. The highest BCUT2D eigenvalue weighted by Crippen LogP contribution is 2.39. The Bertz CT molecular complexity index is 990. The number of methoxy groups -OCH3 is 1. The molecule has 0 aliphatic carbocycles. The van der Waals surface area contributed by atoms with E-state index in [1.165, 1.54) is 11.3 Å². The fourth-order valence-corrected chi connectivity index (χ4v) is 4.06. The van der Waals surface area contributed by atoms with Crippen LogP contribution in [0.25, 0.3) is 31.9 Å². The number of anilines is 1. The first-order chi connectivity index (χ1) is 11.2. The predicted molar refractivity (Wildman–Crippen MR) is 97.1 cm³/mol. The first-order valence-corrected chi connectivity index (χ1v) is 8.68. The maximum Gasteiger partial charge on any atom is 0.181 e. The van der Waals surface area contributed by atoms with Gasteiger partial charge in [-0.2, -0.15) is 0 Å². The number of ether oxygens (including phenoxy) is 1. The summed E-state index contributed by atoms with van der Waals surface area (Å²) in [7, 11) is 1.66. The van der Waals surface area contributed by atoms with E-state index >= 15 is 0 Å². The fraction of sp³-hybridized carbons (Fsp3) is 0.0588. The molecule has 6 heteroatoms. The van der Waals surface area contributed by atoms with Crippen molar-refractivity contribution in [2.24, 2.45) is 0 Å². The van der Waals surface area contributed by atoms with Gasteiger partial charge in [-0.05, 0) is 29.8 Å². The van der Waals surface area contributed by atoms with E-state index in [0.29, 0.717) is 5.13 Å². The Morgan fingerprint density at radius 1 is 1.09 bits per heavy atom. The normalized spacial score (nSPS) is 11.0. The second kappa shape index (κ2) is 5.64. The van der Waals surface area contributed by atoms with Gasteiger partial charge in [-0.1, -0.05) is 29.5 Å². The molecule has 0 atom stereocenters. The summed E-state index contributed by atoms with van der Waals surface area (Å²) in [5, 5.41) is 0.558. The number of rotatable bonds is 3. The van der Waals surface area contributed by atoms with Crippen LogP contribution in [0.4, 0.5) is 5.13 Å². The summed E-state index contributed by atoms with van der Waals surface area (Å²) >= 11 is 3.13. The lowest BCUT2D eigenvalue weighted by molar-refractivity contribution is 0.415. The molecule has 0 amide bonds. The highest BCUT2D eigenvalue weighted by Gasteiger charge is 2.15. The van der Waals surface area contributed by atoms with Crippen LogP contribution in [0.5, 0.6) is 5.75 Å². The summed E-state index contributed by atoms with van der Waals surface area (Å²) < 4.78 is 6.47. The highest BCUT2D eigenvalue weighted by molar-refractivity contribution is 7.19. The summed E-state index contributed by atoms with van der Waals surface area (Å²) in [5.74, 6) is 0.804. The molecule has 0 saturated heterocycles. The standard InChI is InChI=1S/C17H13N3OS2/c1-21-12-4-2-3-10(7-12)15-16(23-17(18)20-15)11-5-6-13-14(8-11)22-9-19-13/h2-9H,1H3,(H2,18,20). The van der Waals surface area contributed by atoms with Gasteiger partial charge >= 0.3 is 0 Å².